The lowest BCUT2D eigenvalue weighted by Crippen LogP contribution is -2.59. The van der Waals surface area contributed by atoms with E-state index < -0.39 is 0 Å². The van der Waals surface area contributed by atoms with Crippen LogP contribution in [-0.2, 0) is 0 Å². The Morgan fingerprint density at radius 2 is 1.94 bits per heavy atom. The van der Waals surface area contributed by atoms with Gasteiger partial charge in [0.25, 0.3) is 0 Å². The second kappa shape index (κ2) is 5.05. The molecule has 0 aromatic rings. The van der Waals surface area contributed by atoms with E-state index in [-0.39, 0.29) is 5.54 Å². The summed E-state index contributed by atoms with van der Waals surface area (Å²) >= 11 is 0. The lowest BCUT2D eigenvalue weighted by molar-refractivity contribution is 0.0237. The predicted molar refractivity (Wildman–Crippen MR) is 71.5 cm³/mol. The molecule has 2 heteroatoms. The smallest absolute Gasteiger partial charge is 0.0379 e. The van der Waals surface area contributed by atoms with Gasteiger partial charge >= 0.3 is 0 Å². The fourth-order valence-corrected chi connectivity index (χ4v) is 3.41. The molecule has 0 aliphatic heterocycles. The maximum Gasteiger partial charge on any atom is 0.0379 e. The normalized spacial score (nSPS) is 30.9. The van der Waals surface area contributed by atoms with E-state index in [1.807, 2.05) is 0 Å². The molecular formula is C14H30N2. The molecule has 1 rings (SSSR count). The second-order valence-corrected chi connectivity index (χ2v) is 6.37. The average Bonchev–Trinajstić information content (AvgIpc) is 2.53. The number of nitrogens with zero attached hydrogens (tertiary/aromatic N) is 1. The van der Waals surface area contributed by atoms with Crippen LogP contribution in [0.1, 0.15) is 53.4 Å². The maximum atomic E-state index is 6.12. The highest BCUT2D eigenvalue weighted by Gasteiger charge is 2.50. The molecule has 0 bridgehead atoms. The Balaban J connectivity index is 2.80. The summed E-state index contributed by atoms with van der Waals surface area (Å²) in [5.74, 6) is 0.768. The molecular weight excluding hydrogens is 196 g/mol. The second-order valence-electron chi connectivity index (χ2n) is 6.37. The molecule has 0 saturated heterocycles. The van der Waals surface area contributed by atoms with Gasteiger partial charge in [0, 0.05) is 18.6 Å². The van der Waals surface area contributed by atoms with Crippen LogP contribution in [0, 0.1) is 11.3 Å². The summed E-state index contributed by atoms with van der Waals surface area (Å²) in [4.78, 5) is 2.55. The van der Waals surface area contributed by atoms with Crippen LogP contribution in [0.25, 0.3) is 0 Å². The number of hydrogen-bond donors (Lipinski definition) is 1. The Hall–Kier alpha value is -0.0800. The van der Waals surface area contributed by atoms with Crippen LogP contribution in [0.15, 0.2) is 0 Å². The first-order valence-electron chi connectivity index (χ1n) is 6.81. The van der Waals surface area contributed by atoms with Crippen molar-refractivity contribution in [3.05, 3.63) is 0 Å². The summed E-state index contributed by atoms with van der Waals surface area (Å²) in [5.41, 5.74) is 6.72. The number of nitrogens with two attached hydrogens (primary N) is 1. The van der Waals surface area contributed by atoms with E-state index in [4.69, 9.17) is 5.73 Å². The molecule has 0 aromatic heterocycles. The summed E-state index contributed by atoms with van der Waals surface area (Å²) in [6.45, 7) is 11.4. The molecule has 0 spiro atoms. The molecule has 96 valence electrons. The summed E-state index contributed by atoms with van der Waals surface area (Å²) < 4.78 is 0. The van der Waals surface area contributed by atoms with Crippen LogP contribution < -0.4 is 5.73 Å². The molecule has 2 nitrogen and oxygen atoms in total. The first-order valence-corrected chi connectivity index (χ1v) is 6.81. The molecule has 2 unspecified atom stereocenters. The Bertz CT molecular complexity index is 225. The van der Waals surface area contributed by atoms with Crippen molar-refractivity contribution in [1.82, 2.24) is 4.90 Å². The van der Waals surface area contributed by atoms with Gasteiger partial charge in [0.2, 0.25) is 0 Å². The first-order chi connectivity index (χ1) is 7.39. The molecule has 2 N–H and O–H groups in total. The zero-order chi connectivity index (χ0) is 12.4. The quantitative estimate of drug-likeness (QED) is 0.781. The van der Waals surface area contributed by atoms with Crippen LogP contribution >= 0.6 is 0 Å². The third-order valence-corrected chi connectivity index (χ3v) is 5.00. The van der Waals surface area contributed by atoms with Gasteiger partial charge in [-0.2, -0.15) is 0 Å². The minimum Gasteiger partial charge on any atom is -0.329 e. The van der Waals surface area contributed by atoms with Gasteiger partial charge in [-0.05, 0) is 31.2 Å². The minimum absolute atomic E-state index is 0.233. The zero-order valence-electron chi connectivity index (χ0n) is 11.8. The number of likely N-dealkylation sites (N-methyl/N-ethyl adjacent to an activating group) is 1. The van der Waals surface area contributed by atoms with Crippen molar-refractivity contribution < 1.29 is 0 Å². The molecule has 16 heavy (non-hydrogen) atoms. The Kier molecular flexibility index (Phi) is 4.42. The molecule has 1 aliphatic carbocycles. The lowest BCUT2D eigenvalue weighted by Gasteiger charge is -2.48. The van der Waals surface area contributed by atoms with Crippen LogP contribution in [0.4, 0.5) is 0 Å². The van der Waals surface area contributed by atoms with Crippen LogP contribution in [0.5, 0.6) is 0 Å². The highest BCUT2D eigenvalue weighted by molar-refractivity contribution is 5.06. The van der Waals surface area contributed by atoms with E-state index in [9.17, 15) is 0 Å². The maximum absolute atomic E-state index is 6.12. The summed E-state index contributed by atoms with van der Waals surface area (Å²) in [6.07, 6.45) is 5.17. The van der Waals surface area contributed by atoms with Crippen molar-refractivity contribution in [2.45, 2.75) is 58.9 Å². The molecule has 2 atom stereocenters. The molecule has 0 heterocycles. The Morgan fingerprint density at radius 1 is 1.31 bits per heavy atom. The van der Waals surface area contributed by atoms with Crippen LogP contribution in [0.2, 0.25) is 0 Å². The highest BCUT2D eigenvalue weighted by atomic mass is 15.2. The third-order valence-electron chi connectivity index (χ3n) is 5.00. The minimum atomic E-state index is 0.233. The first kappa shape index (κ1) is 14.0. The van der Waals surface area contributed by atoms with Crippen molar-refractivity contribution in [3.8, 4) is 0 Å². The van der Waals surface area contributed by atoms with Crippen molar-refractivity contribution in [2.24, 2.45) is 17.1 Å². The van der Waals surface area contributed by atoms with E-state index in [1.54, 1.807) is 0 Å². The summed E-state index contributed by atoms with van der Waals surface area (Å²) in [6, 6.07) is 0. The van der Waals surface area contributed by atoms with Gasteiger partial charge in [0.15, 0.2) is 0 Å². The Labute approximate surface area is 102 Å². The number of rotatable bonds is 5. The van der Waals surface area contributed by atoms with E-state index >= 15 is 0 Å². The van der Waals surface area contributed by atoms with Crippen LogP contribution in [-0.4, -0.2) is 30.6 Å². The molecule has 0 radical (unpaired) electrons. The molecule has 0 aromatic carbocycles. The Morgan fingerprint density at radius 3 is 2.31 bits per heavy atom. The molecule has 1 saturated carbocycles. The van der Waals surface area contributed by atoms with Crippen molar-refractivity contribution >= 4 is 0 Å². The van der Waals surface area contributed by atoms with Crippen molar-refractivity contribution in [2.75, 3.05) is 20.1 Å². The predicted octanol–water partition coefficient (Wildman–Crippen LogP) is 2.87. The largest absolute Gasteiger partial charge is 0.329 e. The zero-order valence-corrected chi connectivity index (χ0v) is 11.8. The monoisotopic (exact) mass is 226 g/mol. The van der Waals surface area contributed by atoms with E-state index in [1.165, 1.54) is 32.2 Å². The van der Waals surface area contributed by atoms with E-state index in [2.05, 4.69) is 39.6 Å². The fourth-order valence-electron chi connectivity index (χ4n) is 3.41. The van der Waals surface area contributed by atoms with Gasteiger partial charge in [0.05, 0.1) is 0 Å². The highest BCUT2D eigenvalue weighted by Crippen LogP contribution is 2.48. The SMILES string of the molecule is CCC(C)CN(C)C1(CN)CCCC1(C)C. The lowest BCUT2D eigenvalue weighted by atomic mass is 9.73. The molecule has 1 aliphatic rings. The fraction of sp³-hybridized carbons (Fsp3) is 1.00. The standard InChI is InChI=1S/C14H30N2/c1-6-12(2)10-16(5)14(11-15)9-7-8-13(14,3)4/h12H,6-11,15H2,1-5H3. The topological polar surface area (TPSA) is 29.3 Å². The molecule has 1 fully saturated rings. The van der Waals surface area contributed by atoms with Gasteiger partial charge in [-0.15, -0.1) is 0 Å². The average molecular weight is 226 g/mol. The van der Waals surface area contributed by atoms with E-state index in [0.29, 0.717) is 5.41 Å². The van der Waals surface area contributed by atoms with Crippen LogP contribution in [0.3, 0.4) is 0 Å². The van der Waals surface area contributed by atoms with Gasteiger partial charge in [-0.3, -0.25) is 4.90 Å². The van der Waals surface area contributed by atoms with Gasteiger partial charge in [-0.1, -0.05) is 40.5 Å². The third kappa shape index (κ3) is 2.28. The van der Waals surface area contributed by atoms with Crippen molar-refractivity contribution in [1.29, 1.82) is 0 Å². The van der Waals surface area contributed by atoms with Crippen molar-refractivity contribution in [3.63, 3.8) is 0 Å². The summed E-state index contributed by atoms with van der Waals surface area (Å²) in [7, 11) is 2.27. The van der Waals surface area contributed by atoms with E-state index in [0.717, 1.165) is 12.5 Å². The van der Waals surface area contributed by atoms with Gasteiger partial charge < -0.3 is 5.73 Å². The van der Waals surface area contributed by atoms with Gasteiger partial charge in [-0.25, -0.2) is 0 Å². The van der Waals surface area contributed by atoms with Gasteiger partial charge in [0.1, 0.15) is 0 Å². The molecule has 0 amide bonds. The summed E-state index contributed by atoms with van der Waals surface area (Å²) in [5, 5.41) is 0. The number of hydrogen-bond acceptors (Lipinski definition) is 2.